The second-order valence-corrected chi connectivity index (χ2v) is 10.1. The zero-order chi connectivity index (χ0) is 20.6. The van der Waals surface area contributed by atoms with Gasteiger partial charge in [0.15, 0.2) is 0 Å². The average Bonchev–Trinajstić information content (AvgIpc) is 3.20. The first-order chi connectivity index (χ1) is 14.6. The molecule has 0 saturated heterocycles. The van der Waals surface area contributed by atoms with Gasteiger partial charge < -0.3 is 11.1 Å². The normalized spacial score (nSPS) is 24.3. The lowest BCUT2D eigenvalue weighted by Crippen LogP contribution is -2.39. The highest BCUT2D eigenvalue weighted by Gasteiger charge is 2.42. The quantitative estimate of drug-likeness (QED) is 0.734. The van der Waals surface area contributed by atoms with Crippen LogP contribution in [0, 0.1) is 5.92 Å². The van der Waals surface area contributed by atoms with E-state index in [1.807, 2.05) is 24.4 Å². The van der Waals surface area contributed by atoms with Crippen LogP contribution in [0.1, 0.15) is 68.7 Å². The molecule has 30 heavy (non-hydrogen) atoms. The zero-order valence-corrected chi connectivity index (χ0v) is 18.0. The minimum absolute atomic E-state index is 0.0877. The number of nitrogens with one attached hydrogen (secondary N) is 1. The topological polar surface area (TPSA) is 85.8 Å². The van der Waals surface area contributed by atoms with Gasteiger partial charge in [0, 0.05) is 4.91 Å². The van der Waals surface area contributed by atoms with Gasteiger partial charge in [-0.25, -0.2) is 4.68 Å². The van der Waals surface area contributed by atoms with Crippen molar-refractivity contribution in [2.75, 3.05) is 0 Å². The lowest BCUT2D eigenvalue weighted by atomic mass is 9.82. The Morgan fingerprint density at radius 1 is 1.20 bits per heavy atom. The van der Waals surface area contributed by atoms with Crippen molar-refractivity contribution in [1.29, 1.82) is 0 Å². The van der Waals surface area contributed by atoms with Crippen LogP contribution >= 0.6 is 11.8 Å². The summed E-state index contributed by atoms with van der Waals surface area (Å²) in [5, 5.41) is 12.0. The van der Waals surface area contributed by atoms with E-state index >= 15 is 0 Å². The molecule has 2 heterocycles. The van der Waals surface area contributed by atoms with Crippen LogP contribution in [0.15, 0.2) is 42.6 Å². The molecule has 158 valence electrons. The Kier molecular flexibility index (Phi) is 5.41. The lowest BCUT2D eigenvalue weighted by Gasteiger charge is -2.30. The van der Waals surface area contributed by atoms with E-state index in [-0.39, 0.29) is 22.9 Å². The van der Waals surface area contributed by atoms with E-state index < -0.39 is 0 Å². The van der Waals surface area contributed by atoms with E-state index in [1.165, 1.54) is 29.7 Å². The Hall–Kier alpha value is -2.12. The lowest BCUT2D eigenvalue weighted by molar-refractivity contribution is -0.121. The van der Waals surface area contributed by atoms with Crippen molar-refractivity contribution in [2.24, 2.45) is 11.7 Å². The van der Waals surface area contributed by atoms with E-state index in [0.717, 1.165) is 37.8 Å². The summed E-state index contributed by atoms with van der Waals surface area (Å²) in [6.07, 6.45) is 12.7. The fourth-order valence-corrected chi connectivity index (χ4v) is 5.69. The summed E-state index contributed by atoms with van der Waals surface area (Å²) in [7, 11) is 0. The summed E-state index contributed by atoms with van der Waals surface area (Å²) >= 11 is 1.66. The van der Waals surface area contributed by atoms with Crippen molar-refractivity contribution in [3.8, 4) is 0 Å². The molecule has 6 nitrogen and oxygen atoms in total. The monoisotopic (exact) mass is 423 g/mol. The summed E-state index contributed by atoms with van der Waals surface area (Å²) in [6.45, 7) is 0. The van der Waals surface area contributed by atoms with Gasteiger partial charge >= 0.3 is 0 Å². The highest BCUT2D eigenvalue weighted by molar-refractivity contribution is 8.09. The molecule has 7 heteroatoms. The van der Waals surface area contributed by atoms with Crippen LogP contribution in [-0.2, 0) is 10.5 Å². The van der Waals surface area contributed by atoms with Crippen LogP contribution in [0.2, 0.25) is 0 Å². The number of allylic oxidation sites excluding steroid dienone is 1. The maximum absolute atomic E-state index is 13.2. The van der Waals surface area contributed by atoms with Crippen LogP contribution in [-0.4, -0.2) is 26.2 Å². The number of amides is 1. The van der Waals surface area contributed by atoms with Gasteiger partial charge in [0.1, 0.15) is 11.4 Å². The van der Waals surface area contributed by atoms with Gasteiger partial charge in [-0.15, -0.1) is 16.9 Å². The number of hydrogen-bond donors (Lipinski definition) is 2. The molecule has 3 N–H and O–H groups in total. The Morgan fingerprint density at radius 3 is 2.70 bits per heavy atom. The number of aromatic nitrogens is 3. The van der Waals surface area contributed by atoms with Crippen molar-refractivity contribution in [2.45, 2.75) is 68.3 Å². The second-order valence-electron chi connectivity index (χ2n) is 8.85. The molecule has 2 saturated carbocycles. The summed E-state index contributed by atoms with van der Waals surface area (Å²) in [5.74, 6) is 0.509. The fraction of sp³-hybridized carbons (Fsp3) is 0.522. The highest BCUT2D eigenvalue weighted by atomic mass is 32.2. The standard InChI is InChI=1S/C23H29N5OS/c24-23(13-14-23)28-15-18(26-27-28)21(17-9-5-2-6-10-17)25-22(29)20-12-11-19(30-20)16-7-3-1-4-8-16/h1,3-4,7-8,11,15,17,20-21H,2,5-6,9-10,12-14,24H2,(H,25,29)/t20?,21-/m0/s1. The molecule has 1 aromatic carbocycles. The highest BCUT2D eigenvalue weighted by Crippen LogP contribution is 2.41. The van der Waals surface area contributed by atoms with Crippen molar-refractivity contribution >= 4 is 22.6 Å². The summed E-state index contributed by atoms with van der Waals surface area (Å²) in [6, 6.07) is 10.2. The van der Waals surface area contributed by atoms with Gasteiger partial charge in [-0.05, 0) is 43.6 Å². The maximum Gasteiger partial charge on any atom is 0.234 e. The Bertz CT molecular complexity index is 930. The molecule has 3 aliphatic rings. The molecule has 2 fully saturated rings. The molecule has 2 aromatic rings. The Labute approximate surface area is 181 Å². The number of carbonyl (C=O) groups is 1. The second kappa shape index (κ2) is 8.19. The van der Waals surface area contributed by atoms with Gasteiger partial charge in [0.05, 0.1) is 17.5 Å². The largest absolute Gasteiger partial charge is 0.346 e. The zero-order valence-electron chi connectivity index (χ0n) is 17.2. The first kappa shape index (κ1) is 19.8. The molecule has 1 aliphatic heterocycles. The first-order valence-electron chi connectivity index (χ1n) is 11.1. The minimum Gasteiger partial charge on any atom is -0.346 e. The number of nitrogens with zero attached hydrogens (tertiary/aromatic N) is 3. The predicted molar refractivity (Wildman–Crippen MR) is 119 cm³/mol. The molecule has 0 spiro atoms. The number of nitrogens with two attached hydrogens (primary N) is 1. The van der Waals surface area contributed by atoms with Gasteiger partial charge in [-0.3, -0.25) is 4.79 Å². The van der Waals surface area contributed by atoms with E-state index in [9.17, 15) is 4.79 Å². The van der Waals surface area contributed by atoms with Gasteiger partial charge in [0.2, 0.25) is 5.91 Å². The number of hydrogen-bond acceptors (Lipinski definition) is 5. The third-order valence-electron chi connectivity index (χ3n) is 6.60. The third-order valence-corrected chi connectivity index (χ3v) is 7.95. The van der Waals surface area contributed by atoms with Crippen LogP contribution in [0.4, 0.5) is 0 Å². The number of thioether (sulfide) groups is 1. The SMILES string of the molecule is NC1(n2cc([C@@H](NC(=O)C3CC=C(c4ccccc4)S3)C3CCCCC3)nn2)CC1. The van der Waals surface area contributed by atoms with Crippen LogP contribution < -0.4 is 11.1 Å². The van der Waals surface area contributed by atoms with E-state index in [1.54, 1.807) is 16.4 Å². The van der Waals surface area contributed by atoms with Crippen molar-refractivity contribution in [3.63, 3.8) is 0 Å². The molecular weight excluding hydrogens is 394 g/mol. The van der Waals surface area contributed by atoms with Crippen LogP contribution in [0.5, 0.6) is 0 Å². The smallest absolute Gasteiger partial charge is 0.234 e. The summed E-state index contributed by atoms with van der Waals surface area (Å²) in [5.41, 5.74) is 7.96. The predicted octanol–water partition coefficient (Wildman–Crippen LogP) is 3.97. The van der Waals surface area contributed by atoms with Crippen molar-refractivity contribution < 1.29 is 4.79 Å². The van der Waals surface area contributed by atoms with Gasteiger partial charge in [-0.1, -0.05) is 60.9 Å². The fourth-order valence-electron chi connectivity index (χ4n) is 4.55. The molecule has 2 atom stereocenters. The van der Waals surface area contributed by atoms with Crippen LogP contribution in [0.25, 0.3) is 4.91 Å². The van der Waals surface area contributed by atoms with Gasteiger partial charge in [-0.2, -0.15) is 0 Å². The minimum atomic E-state index is -0.373. The first-order valence-corrected chi connectivity index (χ1v) is 11.9. The summed E-state index contributed by atoms with van der Waals surface area (Å²) in [4.78, 5) is 14.4. The van der Waals surface area contributed by atoms with Crippen molar-refractivity contribution in [3.05, 3.63) is 53.9 Å². The molecule has 0 bridgehead atoms. The number of benzene rings is 1. The number of carbonyl (C=O) groups excluding carboxylic acids is 1. The molecular formula is C23H29N5OS. The molecule has 2 aliphatic carbocycles. The average molecular weight is 424 g/mol. The van der Waals surface area contributed by atoms with Gasteiger partial charge in [0.25, 0.3) is 0 Å². The number of rotatable bonds is 6. The van der Waals surface area contributed by atoms with Crippen molar-refractivity contribution in [1.82, 2.24) is 20.3 Å². The Balaban J connectivity index is 1.30. The summed E-state index contributed by atoms with van der Waals surface area (Å²) < 4.78 is 1.80. The molecule has 1 amide bonds. The molecule has 1 unspecified atom stereocenters. The molecule has 5 rings (SSSR count). The van der Waals surface area contributed by atoms with E-state index in [2.05, 4.69) is 33.8 Å². The molecule has 0 radical (unpaired) electrons. The third kappa shape index (κ3) is 4.05. The molecule has 1 aromatic heterocycles. The Morgan fingerprint density at radius 2 is 1.97 bits per heavy atom. The van der Waals surface area contributed by atoms with E-state index in [4.69, 9.17) is 5.73 Å². The van der Waals surface area contributed by atoms with Crippen LogP contribution in [0.3, 0.4) is 0 Å². The maximum atomic E-state index is 13.2. The van der Waals surface area contributed by atoms with E-state index in [0.29, 0.717) is 5.92 Å².